The molecule has 0 fully saturated rings. The standard InChI is InChI=1S/C16H11NO6/c18-11-4-5-12-10(7-15(19)23-14(12)8-11)9-22-16(20)13-3-1-2-6-17(13)21/h1-8,18H,9H2. The molecule has 1 aromatic carbocycles. The Morgan fingerprint density at radius 1 is 1.26 bits per heavy atom. The molecule has 0 amide bonds. The molecular formula is C16H11NO6. The normalized spacial score (nSPS) is 10.6. The maximum atomic E-state index is 11.9. The summed E-state index contributed by atoms with van der Waals surface area (Å²) in [4.78, 5) is 23.5. The van der Waals surface area contributed by atoms with Gasteiger partial charge in [-0.3, -0.25) is 0 Å². The summed E-state index contributed by atoms with van der Waals surface area (Å²) in [7, 11) is 0. The van der Waals surface area contributed by atoms with Crippen LogP contribution < -0.4 is 10.4 Å². The summed E-state index contributed by atoms with van der Waals surface area (Å²) >= 11 is 0. The molecule has 0 aliphatic heterocycles. The molecule has 3 aromatic rings. The first kappa shape index (κ1) is 14.6. The van der Waals surface area contributed by atoms with Gasteiger partial charge in [0.2, 0.25) is 0 Å². The van der Waals surface area contributed by atoms with E-state index in [9.17, 15) is 19.9 Å². The smallest absolute Gasteiger partial charge is 0.405 e. The lowest BCUT2D eigenvalue weighted by molar-refractivity contribution is -0.608. The van der Waals surface area contributed by atoms with Crippen LogP contribution in [-0.4, -0.2) is 11.1 Å². The quantitative estimate of drug-likeness (QED) is 0.340. The summed E-state index contributed by atoms with van der Waals surface area (Å²) in [5, 5.41) is 21.4. The van der Waals surface area contributed by atoms with Gasteiger partial charge in [-0.2, -0.15) is 4.73 Å². The van der Waals surface area contributed by atoms with E-state index in [1.807, 2.05) is 0 Å². The van der Waals surface area contributed by atoms with Gasteiger partial charge < -0.3 is 19.5 Å². The SMILES string of the molecule is O=C(OCc1cc(=O)oc2cc(O)ccc12)c1cccc[n+]1[O-]. The Morgan fingerprint density at radius 2 is 2.09 bits per heavy atom. The second kappa shape index (κ2) is 5.80. The Kier molecular flexibility index (Phi) is 3.68. The van der Waals surface area contributed by atoms with Crippen LogP contribution in [0, 0.1) is 5.21 Å². The number of phenolic OH excluding ortho intramolecular Hbond substituents is 1. The van der Waals surface area contributed by atoms with Gasteiger partial charge in [-0.25, -0.2) is 9.59 Å². The van der Waals surface area contributed by atoms with Gasteiger partial charge in [0.1, 0.15) is 17.9 Å². The van der Waals surface area contributed by atoms with E-state index in [-0.39, 0.29) is 23.6 Å². The molecule has 3 rings (SSSR count). The first-order valence-corrected chi connectivity index (χ1v) is 6.65. The highest BCUT2D eigenvalue weighted by Gasteiger charge is 2.17. The summed E-state index contributed by atoms with van der Waals surface area (Å²) in [6, 6.07) is 9.84. The zero-order chi connectivity index (χ0) is 16.4. The number of carbonyl (C=O) groups excluding carboxylic acids is 1. The molecule has 2 heterocycles. The molecule has 2 aromatic heterocycles. The van der Waals surface area contributed by atoms with Crippen LogP contribution in [0.5, 0.6) is 5.75 Å². The first-order chi connectivity index (χ1) is 11.0. The molecule has 0 bridgehead atoms. The second-order valence-corrected chi connectivity index (χ2v) is 4.76. The van der Waals surface area contributed by atoms with Crippen LogP contribution in [0.15, 0.2) is 57.9 Å². The number of aromatic nitrogens is 1. The fraction of sp³-hybridized carbons (Fsp3) is 0.0625. The fourth-order valence-corrected chi connectivity index (χ4v) is 2.14. The Morgan fingerprint density at radius 3 is 2.87 bits per heavy atom. The molecule has 23 heavy (non-hydrogen) atoms. The van der Waals surface area contributed by atoms with Crippen molar-refractivity contribution >= 4 is 16.9 Å². The molecule has 0 atom stereocenters. The number of fused-ring (bicyclic) bond motifs is 1. The number of phenols is 1. The molecule has 0 aliphatic carbocycles. The van der Waals surface area contributed by atoms with Gasteiger partial charge in [0, 0.05) is 35.2 Å². The maximum Gasteiger partial charge on any atom is 0.405 e. The van der Waals surface area contributed by atoms with Crippen molar-refractivity contribution in [3.63, 3.8) is 0 Å². The van der Waals surface area contributed by atoms with Gasteiger partial charge in [-0.05, 0) is 18.2 Å². The lowest BCUT2D eigenvalue weighted by Crippen LogP contribution is -2.34. The van der Waals surface area contributed by atoms with E-state index in [1.54, 1.807) is 12.1 Å². The van der Waals surface area contributed by atoms with Crippen molar-refractivity contribution in [1.29, 1.82) is 0 Å². The number of esters is 1. The molecule has 1 N–H and O–H groups in total. The fourth-order valence-electron chi connectivity index (χ4n) is 2.14. The minimum Gasteiger partial charge on any atom is -0.618 e. The average Bonchev–Trinajstić information content (AvgIpc) is 2.52. The number of carbonyl (C=O) groups is 1. The van der Waals surface area contributed by atoms with Crippen molar-refractivity contribution in [2.24, 2.45) is 0 Å². The zero-order valence-corrected chi connectivity index (χ0v) is 11.8. The van der Waals surface area contributed by atoms with E-state index in [0.29, 0.717) is 15.7 Å². The van der Waals surface area contributed by atoms with Crippen LogP contribution >= 0.6 is 0 Å². The van der Waals surface area contributed by atoms with Crippen LogP contribution in [-0.2, 0) is 11.3 Å². The second-order valence-electron chi connectivity index (χ2n) is 4.76. The van der Waals surface area contributed by atoms with E-state index >= 15 is 0 Å². The Labute approximate surface area is 129 Å². The number of pyridine rings is 1. The van der Waals surface area contributed by atoms with Crippen molar-refractivity contribution in [1.82, 2.24) is 0 Å². The van der Waals surface area contributed by atoms with Crippen molar-refractivity contribution in [3.8, 4) is 5.75 Å². The molecule has 0 spiro atoms. The van der Waals surface area contributed by atoms with E-state index < -0.39 is 11.6 Å². The lowest BCUT2D eigenvalue weighted by Gasteiger charge is -2.07. The van der Waals surface area contributed by atoms with Crippen molar-refractivity contribution in [2.45, 2.75) is 6.61 Å². The number of hydrogen-bond donors (Lipinski definition) is 1. The molecule has 0 saturated heterocycles. The van der Waals surface area contributed by atoms with Crippen molar-refractivity contribution in [3.05, 3.63) is 75.5 Å². The number of rotatable bonds is 3. The summed E-state index contributed by atoms with van der Waals surface area (Å²) in [5.74, 6) is -0.854. The average molecular weight is 313 g/mol. The van der Waals surface area contributed by atoms with E-state index in [2.05, 4.69) is 0 Å². The summed E-state index contributed by atoms with van der Waals surface area (Å²) in [5.41, 5.74) is -0.190. The largest absolute Gasteiger partial charge is 0.618 e. The van der Waals surface area contributed by atoms with E-state index in [1.165, 1.54) is 36.5 Å². The highest BCUT2D eigenvalue weighted by atomic mass is 16.5. The first-order valence-electron chi connectivity index (χ1n) is 6.65. The predicted octanol–water partition coefficient (Wildman–Crippen LogP) is 1.49. The van der Waals surface area contributed by atoms with Crippen LogP contribution in [0.3, 0.4) is 0 Å². The molecule has 7 heteroatoms. The van der Waals surface area contributed by atoms with Crippen LogP contribution in [0.2, 0.25) is 0 Å². The minimum atomic E-state index is -0.805. The van der Waals surface area contributed by atoms with E-state index in [4.69, 9.17) is 9.15 Å². The van der Waals surface area contributed by atoms with Crippen LogP contribution in [0.4, 0.5) is 0 Å². The van der Waals surface area contributed by atoms with E-state index in [0.717, 1.165) is 0 Å². The molecule has 116 valence electrons. The summed E-state index contributed by atoms with van der Waals surface area (Å²) < 4.78 is 10.5. The van der Waals surface area contributed by atoms with Crippen LogP contribution in [0.25, 0.3) is 11.0 Å². The van der Waals surface area contributed by atoms with Crippen LogP contribution in [0.1, 0.15) is 16.1 Å². The number of benzene rings is 1. The number of hydrogen-bond acceptors (Lipinski definition) is 6. The third-order valence-electron chi connectivity index (χ3n) is 3.21. The molecule has 7 nitrogen and oxygen atoms in total. The molecular weight excluding hydrogens is 302 g/mol. The number of nitrogens with zero attached hydrogens (tertiary/aromatic N) is 1. The number of aromatic hydroxyl groups is 1. The van der Waals surface area contributed by atoms with Gasteiger partial charge in [0.15, 0.2) is 6.20 Å². The van der Waals surface area contributed by atoms with Gasteiger partial charge in [-0.1, -0.05) is 0 Å². The summed E-state index contributed by atoms with van der Waals surface area (Å²) in [6.07, 6.45) is 1.19. The Balaban J connectivity index is 1.89. The number of ether oxygens (including phenoxy) is 1. The monoisotopic (exact) mass is 313 g/mol. The minimum absolute atomic E-state index is 0.0496. The third-order valence-corrected chi connectivity index (χ3v) is 3.21. The van der Waals surface area contributed by atoms with Gasteiger partial charge in [0.25, 0.3) is 0 Å². The molecule has 0 unspecified atom stereocenters. The topological polar surface area (TPSA) is 104 Å². The Bertz CT molecular complexity index is 947. The third kappa shape index (κ3) is 2.98. The van der Waals surface area contributed by atoms with Gasteiger partial charge in [-0.15, -0.1) is 0 Å². The molecule has 0 aliphatic rings. The zero-order valence-electron chi connectivity index (χ0n) is 11.8. The van der Waals surface area contributed by atoms with Crippen molar-refractivity contribution < 1.29 is 23.8 Å². The van der Waals surface area contributed by atoms with Gasteiger partial charge in [0.05, 0.1) is 0 Å². The summed E-state index contributed by atoms with van der Waals surface area (Å²) in [6.45, 7) is -0.208. The lowest BCUT2D eigenvalue weighted by atomic mass is 10.1. The predicted molar refractivity (Wildman–Crippen MR) is 78.7 cm³/mol. The highest BCUT2D eigenvalue weighted by Crippen LogP contribution is 2.22. The van der Waals surface area contributed by atoms with Gasteiger partial charge >= 0.3 is 17.3 Å². The highest BCUT2D eigenvalue weighted by molar-refractivity contribution is 5.86. The van der Waals surface area contributed by atoms with Crippen molar-refractivity contribution in [2.75, 3.05) is 0 Å². The molecule has 0 saturated carbocycles. The Hall–Kier alpha value is -3.35. The maximum absolute atomic E-state index is 11.9. The molecule has 0 radical (unpaired) electrons.